The first kappa shape index (κ1) is 11.6. The fourth-order valence-corrected chi connectivity index (χ4v) is 2.75. The molecule has 0 heterocycles. The Bertz CT molecular complexity index is 375. The second kappa shape index (κ2) is 4.54. The van der Waals surface area contributed by atoms with Gasteiger partial charge in [0.15, 0.2) is 0 Å². The molecule has 0 radical (unpaired) electrons. The van der Waals surface area contributed by atoms with Crippen molar-refractivity contribution >= 4 is 0 Å². The first-order valence-corrected chi connectivity index (χ1v) is 6.09. The van der Waals surface area contributed by atoms with E-state index in [1.807, 2.05) is 13.0 Å². The largest absolute Gasteiger partial charge is 0.324 e. The predicted molar refractivity (Wildman–Crippen MR) is 64.6 cm³/mol. The highest BCUT2D eigenvalue weighted by Gasteiger charge is 2.28. The van der Waals surface area contributed by atoms with Crippen LogP contribution >= 0.6 is 0 Å². The highest BCUT2D eigenvalue weighted by atomic mass is 19.1. The molecular weight excluding hydrogens is 201 g/mol. The third-order valence-electron chi connectivity index (χ3n) is 3.75. The number of nitrogens with two attached hydrogens (primary N) is 1. The molecule has 0 amide bonds. The maximum atomic E-state index is 13.7. The van der Waals surface area contributed by atoms with Crippen LogP contribution in [0.2, 0.25) is 0 Å². The third-order valence-corrected chi connectivity index (χ3v) is 3.75. The standard InChI is InChI=1S/C14H20FN/c1-9-3-5-11(7-9)14(16)12-8-10(2)4-6-13(12)15/h4,6,8-9,11,14H,3,5,7,16H2,1-2H3. The highest BCUT2D eigenvalue weighted by molar-refractivity contribution is 5.27. The molecular formula is C14H20FN. The van der Waals surface area contributed by atoms with Crippen LogP contribution in [0.5, 0.6) is 0 Å². The van der Waals surface area contributed by atoms with Crippen LogP contribution < -0.4 is 5.73 Å². The Hall–Kier alpha value is -0.890. The van der Waals surface area contributed by atoms with Crippen LogP contribution in [0, 0.1) is 24.6 Å². The first-order valence-electron chi connectivity index (χ1n) is 6.09. The van der Waals surface area contributed by atoms with Gasteiger partial charge >= 0.3 is 0 Å². The van der Waals surface area contributed by atoms with Gasteiger partial charge in [0.2, 0.25) is 0 Å². The van der Waals surface area contributed by atoms with Crippen molar-refractivity contribution in [1.29, 1.82) is 0 Å². The van der Waals surface area contributed by atoms with E-state index in [2.05, 4.69) is 6.92 Å². The van der Waals surface area contributed by atoms with Crippen molar-refractivity contribution in [3.8, 4) is 0 Å². The van der Waals surface area contributed by atoms with E-state index >= 15 is 0 Å². The second-order valence-electron chi connectivity index (χ2n) is 5.23. The average molecular weight is 221 g/mol. The molecule has 1 nitrogen and oxygen atoms in total. The SMILES string of the molecule is Cc1ccc(F)c(C(N)C2CCC(C)C2)c1. The van der Waals surface area contributed by atoms with Crippen LogP contribution in [0.15, 0.2) is 18.2 Å². The fourth-order valence-electron chi connectivity index (χ4n) is 2.75. The number of rotatable bonds is 2. The van der Waals surface area contributed by atoms with Crippen LogP contribution in [-0.2, 0) is 0 Å². The van der Waals surface area contributed by atoms with Gasteiger partial charge < -0.3 is 5.73 Å². The van der Waals surface area contributed by atoms with Crippen molar-refractivity contribution in [2.24, 2.45) is 17.6 Å². The smallest absolute Gasteiger partial charge is 0.127 e. The minimum absolute atomic E-state index is 0.134. The lowest BCUT2D eigenvalue weighted by molar-refractivity contribution is 0.415. The predicted octanol–water partition coefficient (Wildman–Crippen LogP) is 3.57. The van der Waals surface area contributed by atoms with Crippen molar-refractivity contribution in [2.75, 3.05) is 0 Å². The van der Waals surface area contributed by atoms with Crippen molar-refractivity contribution in [1.82, 2.24) is 0 Å². The third kappa shape index (κ3) is 2.27. The zero-order valence-electron chi connectivity index (χ0n) is 10.0. The summed E-state index contributed by atoms with van der Waals surface area (Å²) in [6.45, 7) is 4.23. The molecule has 16 heavy (non-hydrogen) atoms. The molecule has 0 saturated heterocycles. The summed E-state index contributed by atoms with van der Waals surface area (Å²) in [6, 6.07) is 5.08. The lowest BCUT2D eigenvalue weighted by Gasteiger charge is -2.20. The summed E-state index contributed by atoms with van der Waals surface area (Å²) in [5, 5.41) is 0. The molecule has 0 bridgehead atoms. The topological polar surface area (TPSA) is 26.0 Å². The average Bonchev–Trinajstić information content (AvgIpc) is 2.67. The molecule has 1 aromatic rings. The molecule has 2 heteroatoms. The van der Waals surface area contributed by atoms with E-state index < -0.39 is 0 Å². The molecule has 3 unspecified atom stereocenters. The van der Waals surface area contributed by atoms with Gasteiger partial charge in [-0.15, -0.1) is 0 Å². The fraction of sp³-hybridized carbons (Fsp3) is 0.571. The summed E-state index contributed by atoms with van der Waals surface area (Å²) in [4.78, 5) is 0. The Kier molecular flexibility index (Phi) is 3.29. The Morgan fingerprint density at radius 3 is 2.75 bits per heavy atom. The molecule has 3 atom stereocenters. The van der Waals surface area contributed by atoms with Crippen molar-refractivity contribution < 1.29 is 4.39 Å². The van der Waals surface area contributed by atoms with Gasteiger partial charge in [0, 0.05) is 11.6 Å². The van der Waals surface area contributed by atoms with Gasteiger partial charge in [-0.05, 0) is 37.7 Å². The Labute approximate surface area is 96.9 Å². The number of aryl methyl sites for hydroxylation is 1. The van der Waals surface area contributed by atoms with Crippen LogP contribution in [0.25, 0.3) is 0 Å². The molecule has 0 aliphatic heterocycles. The summed E-state index contributed by atoms with van der Waals surface area (Å²) < 4.78 is 13.7. The van der Waals surface area contributed by atoms with E-state index in [9.17, 15) is 4.39 Å². The first-order chi connectivity index (χ1) is 7.58. The molecule has 1 aliphatic rings. The van der Waals surface area contributed by atoms with Gasteiger partial charge in [-0.2, -0.15) is 0 Å². The van der Waals surface area contributed by atoms with Gasteiger partial charge in [0.05, 0.1) is 0 Å². The summed E-state index contributed by atoms with van der Waals surface area (Å²) >= 11 is 0. The molecule has 0 aromatic heterocycles. The second-order valence-corrected chi connectivity index (χ2v) is 5.23. The minimum atomic E-state index is -0.155. The van der Waals surface area contributed by atoms with Crippen molar-refractivity contribution in [3.63, 3.8) is 0 Å². The lowest BCUT2D eigenvalue weighted by Crippen LogP contribution is -2.20. The molecule has 2 rings (SSSR count). The number of benzene rings is 1. The van der Waals surface area contributed by atoms with E-state index in [1.54, 1.807) is 6.07 Å². The van der Waals surface area contributed by atoms with Crippen molar-refractivity contribution in [3.05, 3.63) is 35.1 Å². The monoisotopic (exact) mass is 221 g/mol. The van der Waals surface area contributed by atoms with E-state index in [0.717, 1.165) is 24.3 Å². The van der Waals surface area contributed by atoms with E-state index in [4.69, 9.17) is 5.73 Å². The molecule has 88 valence electrons. The van der Waals surface area contributed by atoms with Crippen LogP contribution in [0.3, 0.4) is 0 Å². The molecule has 2 N–H and O–H groups in total. The zero-order valence-corrected chi connectivity index (χ0v) is 10.0. The molecule has 0 spiro atoms. The summed E-state index contributed by atoms with van der Waals surface area (Å²) in [5.74, 6) is 1.04. The van der Waals surface area contributed by atoms with Gasteiger partial charge in [-0.1, -0.05) is 31.0 Å². The number of hydrogen-bond acceptors (Lipinski definition) is 1. The maximum Gasteiger partial charge on any atom is 0.127 e. The lowest BCUT2D eigenvalue weighted by atomic mass is 9.90. The molecule has 1 fully saturated rings. The molecule has 1 saturated carbocycles. The number of hydrogen-bond donors (Lipinski definition) is 1. The highest BCUT2D eigenvalue weighted by Crippen LogP contribution is 2.38. The van der Waals surface area contributed by atoms with E-state index in [1.165, 1.54) is 12.5 Å². The molecule has 1 aromatic carbocycles. The zero-order chi connectivity index (χ0) is 11.7. The van der Waals surface area contributed by atoms with Gasteiger partial charge in [0.1, 0.15) is 5.82 Å². The Morgan fingerprint density at radius 2 is 2.12 bits per heavy atom. The van der Waals surface area contributed by atoms with Crippen LogP contribution in [-0.4, -0.2) is 0 Å². The van der Waals surface area contributed by atoms with Crippen LogP contribution in [0.1, 0.15) is 43.4 Å². The molecule has 1 aliphatic carbocycles. The van der Waals surface area contributed by atoms with E-state index in [0.29, 0.717) is 11.5 Å². The number of halogens is 1. The van der Waals surface area contributed by atoms with Gasteiger partial charge in [-0.3, -0.25) is 0 Å². The van der Waals surface area contributed by atoms with Crippen LogP contribution in [0.4, 0.5) is 4.39 Å². The summed E-state index contributed by atoms with van der Waals surface area (Å²) in [7, 11) is 0. The normalized spacial score (nSPS) is 27.0. The van der Waals surface area contributed by atoms with Gasteiger partial charge in [-0.25, -0.2) is 4.39 Å². The summed E-state index contributed by atoms with van der Waals surface area (Å²) in [5.41, 5.74) is 7.97. The quantitative estimate of drug-likeness (QED) is 0.811. The van der Waals surface area contributed by atoms with E-state index in [-0.39, 0.29) is 11.9 Å². The van der Waals surface area contributed by atoms with Crippen molar-refractivity contribution in [2.45, 2.75) is 39.2 Å². The Morgan fingerprint density at radius 1 is 1.38 bits per heavy atom. The minimum Gasteiger partial charge on any atom is -0.324 e. The summed E-state index contributed by atoms with van der Waals surface area (Å²) in [6.07, 6.45) is 3.50. The maximum absolute atomic E-state index is 13.7. The van der Waals surface area contributed by atoms with Gasteiger partial charge in [0.25, 0.3) is 0 Å². The Balaban J connectivity index is 2.20.